The van der Waals surface area contributed by atoms with Gasteiger partial charge in [-0.3, -0.25) is 9.59 Å². The predicted octanol–water partition coefficient (Wildman–Crippen LogP) is 1.30. The zero-order valence-electron chi connectivity index (χ0n) is 14.5. The molecule has 0 N–H and O–H groups in total. The van der Waals surface area contributed by atoms with Crippen LogP contribution in [0, 0.1) is 0 Å². The van der Waals surface area contributed by atoms with Gasteiger partial charge in [0.2, 0.25) is 15.9 Å². The van der Waals surface area contributed by atoms with Gasteiger partial charge in [0.15, 0.2) is 0 Å². The third kappa shape index (κ3) is 3.56. The number of para-hydroxylation sites is 1. The monoisotopic (exact) mass is 375 g/mol. The van der Waals surface area contributed by atoms with E-state index in [-0.39, 0.29) is 17.3 Å². The third-order valence-electron chi connectivity index (χ3n) is 4.49. The van der Waals surface area contributed by atoms with Gasteiger partial charge in [-0.05, 0) is 37.1 Å². The lowest BCUT2D eigenvalue weighted by molar-refractivity contribution is -0.118. The van der Waals surface area contributed by atoms with Gasteiger partial charge in [-0.15, -0.1) is 0 Å². The number of hydrogen-bond donors (Lipinski definition) is 0. The van der Waals surface area contributed by atoms with E-state index in [4.69, 9.17) is 0 Å². The molecule has 138 valence electrons. The average Bonchev–Trinajstić information content (AvgIpc) is 3.19. The summed E-state index contributed by atoms with van der Waals surface area (Å²) in [6.07, 6.45) is 3.02. The zero-order chi connectivity index (χ0) is 18.7. The Kier molecular flexibility index (Phi) is 5.24. The fourth-order valence-electron chi connectivity index (χ4n) is 2.95. The Hall–Kier alpha value is -2.45. The van der Waals surface area contributed by atoms with Crippen LogP contribution in [0.2, 0.25) is 0 Å². The van der Waals surface area contributed by atoms with Gasteiger partial charge in [0.25, 0.3) is 5.56 Å². The molecule has 1 amide bonds. The second-order valence-corrected chi connectivity index (χ2v) is 8.11. The number of benzene rings is 1. The minimum absolute atomic E-state index is 0.229. The van der Waals surface area contributed by atoms with E-state index < -0.39 is 15.6 Å². The van der Waals surface area contributed by atoms with Gasteiger partial charge < -0.3 is 9.47 Å². The molecule has 3 rings (SSSR count). The molecule has 0 aliphatic carbocycles. The molecule has 7 nitrogen and oxygen atoms in total. The van der Waals surface area contributed by atoms with E-state index in [2.05, 4.69) is 0 Å². The second-order valence-electron chi connectivity index (χ2n) is 6.20. The van der Waals surface area contributed by atoms with Crippen molar-refractivity contribution in [2.75, 3.05) is 25.0 Å². The normalized spacial score (nSPS) is 15.1. The summed E-state index contributed by atoms with van der Waals surface area (Å²) in [5.74, 6) is -0.311. The van der Waals surface area contributed by atoms with Crippen molar-refractivity contribution in [2.24, 2.45) is 0 Å². The molecule has 1 saturated heterocycles. The minimum atomic E-state index is -3.82. The van der Waals surface area contributed by atoms with Crippen molar-refractivity contribution in [3.8, 4) is 0 Å². The Morgan fingerprint density at radius 3 is 2.38 bits per heavy atom. The van der Waals surface area contributed by atoms with Gasteiger partial charge >= 0.3 is 0 Å². The summed E-state index contributed by atoms with van der Waals surface area (Å²) >= 11 is 0. The second kappa shape index (κ2) is 7.43. The maximum Gasteiger partial charge on any atom is 0.271 e. The van der Waals surface area contributed by atoms with E-state index in [1.165, 1.54) is 27.5 Å². The van der Waals surface area contributed by atoms with Crippen LogP contribution in [0.5, 0.6) is 0 Å². The molecular formula is C18H21N3O4S. The van der Waals surface area contributed by atoms with Crippen molar-refractivity contribution in [3.05, 3.63) is 59.0 Å². The molecule has 2 heterocycles. The molecule has 1 aliphatic rings. The van der Waals surface area contributed by atoms with Gasteiger partial charge in [-0.2, -0.15) is 4.31 Å². The van der Waals surface area contributed by atoms with Crippen LogP contribution in [0.3, 0.4) is 0 Å². The van der Waals surface area contributed by atoms with E-state index >= 15 is 0 Å². The molecule has 0 saturated carbocycles. The number of likely N-dealkylation sites (N-methyl/N-ethyl adjacent to an activating group) is 1. The van der Waals surface area contributed by atoms with Gasteiger partial charge in [-0.25, -0.2) is 8.42 Å². The molecule has 26 heavy (non-hydrogen) atoms. The Labute approximate surface area is 152 Å². The van der Waals surface area contributed by atoms with E-state index in [1.54, 1.807) is 19.2 Å². The minimum Gasteiger partial charge on any atom is -0.314 e. The number of carbonyl (C=O) groups is 1. The molecule has 1 aliphatic heterocycles. The molecule has 0 unspecified atom stereocenters. The van der Waals surface area contributed by atoms with Gasteiger partial charge in [0.05, 0.1) is 0 Å². The first-order valence-corrected chi connectivity index (χ1v) is 9.86. The van der Waals surface area contributed by atoms with Crippen LogP contribution in [0.25, 0.3) is 0 Å². The summed E-state index contributed by atoms with van der Waals surface area (Å²) in [7, 11) is -2.21. The lowest BCUT2D eigenvalue weighted by Crippen LogP contribution is -2.37. The van der Waals surface area contributed by atoms with Crippen LogP contribution in [0.15, 0.2) is 58.4 Å². The van der Waals surface area contributed by atoms with Crippen LogP contribution in [0.4, 0.5) is 5.69 Å². The number of pyridine rings is 1. The number of hydrogen-bond acceptors (Lipinski definition) is 4. The van der Waals surface area contributed by atoms with Crippen molar-refractivity contribution >= 4 is 21.6 Å². The highest BCUT2D eigenvalue weighted by atomic mass is 32.2. The van der Waals surface area contributed by atoms with Crippen molar-refractivity contribution in [3.63, 3.8) is 0 Å². The van der Waals surface area contributed by atoms with Crippen molar-refractivity contribution in [1.82, 2.24) is 8.87 Å². The summed E-state index contributed by atoms with van der Waals surface area (Å²) in [4.78, 5) is 26.3. The highest BCUT2D eigenvalue weighted by Crippen LogP contribution is 2.18. The molecule has 2 aromatic rings. The SMILES string of the molecule is CN(C(=O)Cn1cccc(S(=O)(=O)N2CCCC2)c1=O)c1ccccc1. The molecular weight excluding hydrogens is 354 g/mol. The number of amides is 1. The van der Waals surface area contributed by atoms with E-state index in [0.29, 0.717) is 18.8 Å². The Morgan fingerprint density at radius 1 is 1.08 bits per heavy atom. The smallest absolute Gasteiger partial charge is 0.271 e. The standard InChI is InChI=1S/C18H21N3O4S/c1-19(15-8-3-2-4-9-15)17(22)14-20-11-7-10-16(18(20)23)26(24,25)21-12-5-6-13-21/h2-4,7-11H,5-6,12-14H2,1H3. The molecule has 0 spiro atoms. The molecule has 0 radical (unpaired) electrons. The molecule has 0 atom stereocenters. The predicted molar refractivity (Wildman–Crippen MR) is 98.5 cm³/mol. The van der Waals surface area contributed by atoms with Crippen LogP contribution in [-0.2, 0) is 21.4 Å². The third-order valence-corrected chi connectivity index (χ3v) is 6.40. The summed E-state index contributed by atoms with van der Waals surface area (Å²) in [5.41, 5.74) is 0.0283. The Balaban J connectivity index is 1.86. The van der Waals surface area contributed by atoms with Crippen molar-refractivity contribution in [1.29, 1.82) is 0 Å². The van der Waals surface area contributed by atoms with E-state index in [1.807, 2.05) is 18.2 Å². The summed E-state index contributed by atoms with van der Waals surface area (Å²) in [5, 5.41) is 0. The van der Waals surface area contributed by atoms with Crippen LogP contribution >= 0.6 is 0 Å². The fraction of sp³-hybridized carbons (Fsp3) is 0.333. The lowest BCUT2D eigenvalue weighted by Gasteiger charge is -2.19. The Morgan fingerprint density at radius 2 is 1.73 bits per heavy atom. The number of carbonyl (C=O) groups excluding carboxylic acids is 1. The lowest BCUT2D eigenvalue weighted by atomic mass is 10.3. The first-order valence-electron chi connectivity index (χ1n) is 8.42. The Bertz CT molecular complexity index is 948. The maximum absolute atomic E-state index is 12.7. The molecule has 1 aromatic heterocycles. The highest BCUT2D eigenvalue weighted by molar-refractivity contribution is 7.89. The average molecular weight is 375 g/mol. The number of anilines is 1. The van der Waals surface area contributed by atoms with Crippen LogP contribution in [-0.4, -0.2) is 43.3 Å². The number of sulfonamides is 1. The summed E-state index contributed by atoms with van der Waals surface area (Å²) < 4.78 is 27.8. The number of rotatable bonds is 5. The van der Waals surface area contributed by atoms with Gasteiger partial charge in [0.1, 0.15) is 11.4 Å². The van der Waals surface area contributed by atoms with Crippen LogP contribution < -0.4 is 10.5 Å². The molecule has 0 bridgehead atoms. The zero-order valence-corrected chi connectivity index (χ0v) is 15.4. The maximum atomic E-state index is 12.7. The first-order chi connectivity index (χ1) is 12.4. The highest BCUT2D eigenvalue weighted by Gasteiger charge is 2.30. The number of aromatic nitrogens is 1. The molecule has 1 fully saturated rings. The van der Waals surface area contributed by atoms with Gasteiger partial charge in [-0.1, -0.05) is 18.2 Å². The fourth-order valence-corrected chi connectivity index (χ4v) is 4.56. The summed E-state index contributed by atoms with van der Waals surface area (Å²) in [6, 6.07) is 11.8. The largest absolute Gasteiger partial charge is 0.314 e. The van der Waals surface area contributed by atoms with Crippen LogP contribution in [0.1, 0.15) is 12.8 Å². The topological polar surface area (TPSA) is 79.7 Å². The van der Waals surface area contributed by atoms with Crippen molar-refractivity contribution in [2.45, 2.75) is 24.3 Å². The quantitative estimate of drug-likeness (QED) is 0.789. The molecule has 1 aromatic carbocycles. The van der Waals surface area contributed by atoms with Crippen molar-refractivity contribution < 1.29 is 13.2 Å². The van der Waals surface area contributed by atoms with E-state index in [0.717, 1.165) is 17.4 Å². The first kappa shape index (κ1) is 18.3. The van der Waals surface area contributed by atoms with E-state index in [9.17, 15) is 18.0 Å². The number of nitrogens with zero attached hydrogens (tertiary/aromatic N) is 3. The van der Waals surface area contributed by atoms with Gasteiger partial charge in [0, 0.05) is 32.0 Å². The summed E-state index contributed by atoms with van der Waals surface area (Å²) in [6.45, 7) is 0.617. The molecule has 8 heteroatoms.